The lowest BCUT2D eigenvalue weighted by molar-refractivity contribution is 0.669. The molecule has 0 saturated carbocycles. The molecule has 0 amide bonds. The van der Waals surface area contributed by atoms with Crippen molar-refractivity contribution in [2.45, 2.75) is 0 Å². The first-order valence-electron chi connectivity index (χ1n) is 17.9. The molecule has 0 N–H and O–H groups in total. The molecule has 53 heavy (non-hydrogen) atoms. The Bertz CT molecular complexity index is 3220. The second-order valence-electron chi connectivity index (χ2n) is 13.6. The van der Waals surface area contributed by atoms with Gasteiger partial charge in [-0.25, -0.2) is 15.0 Å². The Morgan fingerprint density at radius 3 is 1.62 bits per heavy atom. The summed E-state index contributed by atoms with van der Waals surface area (Å²) >= 11 is 0. The summed E-state index contributed by atoms with van der Waals surface area (Å²) in [5.41, 5.74) is 6.75. The van der Waals surface area contributed by atoms with Crippen molar-refractivity contribution in [2.24, 2.45) is 0 Å². The predicted octanol–water partition coefficient (Wildman–Crippen LogP) is 13.1. The summed E-state index contributed by atoms with van der Waals surface area (Å²) in [4.78, 5) is 15.1. The summed E-state index contributed by atoms with van der Waals surface area (Å²) in [6.45, 7) is 0. The van der Waals surface area contributed by atoms with Gasteiger partial charge in [-0.3, -0.25) is 0 Å². The minimum atomic E-state index is 0.595. The molecule has 246 valence electrons. The lowest BCUT2D eigenvalue weighted by atomic mass is 9.89. The maximum absolute atomic E-state index is 6.42. The van der Waals surface area contributed by atoms with Crippen molar-refractivity contribution >= 4 is 65.0 Å². The van der Waals surface area contributed by atoms with Crippen LogP contribution in [0.5, 0.6) is 0 Å². The summed E-state index contributed by atoms with van der Waals surface area (Å²) in [6.07, 6.45) is 0. The topological polar surface area (TPSA) is 51.8 Å². The van der Waals surface area contributed by atoms with Crippen LogP contribution in [0.1, 0.15) is 0 Å². The molecular weight excluding hydrogens is 647 g/mol. The minimum absolute atomic E-state index is 0.595. The van der Waals surface area contributed by atoms with E-state index in [4.69, 9.17) is 19.4 Å². The van der Waals surface area contributed by atoms with Gasteiger partial charge in [0.2, 0.25) is 0 Å². The monoisotopic (exact) mass is 675 g/mol. The predicted molar refractivity (Wildman–Crippen MR) is 219 cm³/mol. The fourth-order valence-electron chi connectivity index (χ4n) is 7.95. The highest BCUT2D eigenvalue weighted by molar-refractivity contribution is 6.20. The number of hydrogen-bond acceptors (Lipinski definition) is 4. The molecule has 0 aliphatic carbocycles. The van der Waals surface area contributed by atoms with Gasteiger partial charge in [-0.05, 0) is 78.5 Å². The van der Waals surface area contributed by atoms with Crippen molar-refractivity contribution in [3.05, 3.63) is 176 Å². The highest BCUT2D eigenvalue weighted by Crippen LogP contribution is 2.40. The highest BCUT2D eigenvalue weighted by atomic mass is 16.3. The number of rotatable bonds is 4. The first-order valence-corrected chi connectivity index (χ1v) is 17.9. The van der Waals surface area contributed by atoms with Crippen molar-refractivity contribution in [1.29, 1.82) is 0 Å². The van der Waals surface area contributed by atoms with Gasteiger partial charge in [-0.1, -0.05) is 152 Å². The summed E-state index contributed by atoms with van der Waals surface area (Å²) in [5, 5.41) is 12.0. The van der Waals surface area contributed by atoms with Crippen LogP contribution in [-0.4, -0.2) is 15.0 Å². The molecule has 4 heteroatoms. The number of benzene rings is 9. The average Bonchev–Trinajstić information content (AvgIpc) is 3.62. The molecule has 0 aliphatic rings. The van der Waals surface area contributed by atoms with Crippen LogP contribution in [0.2, 0.25) is 0 Å². The van der Waals surface area contributed by atoms with Gasteiger partial charge in [0, 0.05) is 27.5 Å². The standard InChI is InChI=1S/C49H29N3O/c1-2-12-33(13-3-1)47-50-48(52-49(51-47)36-23-26-41-44(29-36)53-43-27-24-31-11-5-8-16-38(31)46(41)43)34-20-18-32(19-21-34)45-39-17-9-6-14-35(39)28-42-37-15-7-4-10-30(37)22-25-40(42)45/h1-29H. The fourth-order valence-corrected chi connectivity index (χ4v) is 7.95. The van der Waals surface area contributed by atoms with Gasteiger partial charge in [0.25, 0.3) is 0 Å². The summed E-state index contributed by atoms with van der Waals surface area (Å²) < 4.78 is 6.42. The van der Waals surface area contributed by atoms with Crippen LogP contribution in [0.3, 0.4) is 0 Å². The highest BCUT2D eigenvalue weighted by Gasteiger charge is 2.17. The number of aromatic nitrogens is 3. The van der Waals surface area contributed by atoms with Gasteiger partial charge >= 0.3 is 0 Å². The Morgan fingerprint density at radius 2 is 0.849 bits per heavy atom. The molecule has 0 unspecified atom stereocenters. The molecule has 11 aromatic rings. The van der Waals surface area contributed by atoms with Crippen LogP contribution in [0.15, 0.2) is 180 Å². The van der Waals surface area contributed by atoms with Crippen molar-refractivity contribution in [2.75, 3.05) is 0 Å². The largest absolute Gasteiger partial charge is 0.456 e. The first-order chi connectivity index (χ1) is 26.2. The fraction of sp³-hybridized carbons (Fsp3) is 0. The van der Waals surface area contributed by atoms with Gasteiger partial charge in [-0.15, -0.1) is 0 Å². The van der Waals surface area contributed by atoms with Gasteiger partial charge in [0.1, 0.15) is 11.2 Å². The minimum Gasteiger partial charge on any atom is -0.456 e. The van der Waals surface area contributed by atoms with E-state index in [0.29, 0.717) is 17.5 Å². The van der Waals surface area contributed by atoms with Crippen LogP contribution < -0.4 is 0 Å². The average molecular weight is 676 g/mol. The van der Waals surface area contributed by atoms with Gasteiger partial charge < -0.3 is 4.42 Å². The van der Waals surface area contributed by atoms with E-state index in [1.54, 1.807) is 0 Å². The van der Waals surface area contributed by atoms with Crippen LogP contribution in [0.25, 0.3) is 110 Å². The molecule has 0 saturated heterocycles. The molecule has 2 aromatic heterocycles. The van der Waals surface area contributed by atoms with E-state index in [1.807, 2.05) is 30.3 Å². The third-order valence-corrected chi connectivity index (χ3v) is 10.5. The Kier molecular flexibility index (Phi) is 6.52. The van der Waals surface area contributed by atoms with Crippen molar-refractivity contribution in [1.82, 2.24) is 15.0 Å². The lowest BCUT2D eigenvalue weighted by Crippen LogP contribution is -2.00. The molecule has 4 nitrogen and oxygen atoms in total. The van der Waals surface area contributed by atoms with Crippen LogP contribution in [-0.2, 0) is 0 Å². The molecule has 9 aromatic carbocycles. The quantitative estimate of drug-likeness (QED) is 0.138. The number of hydrogen-bond donors (Lipinski definition) is 0. The normalized spacial score (nSPS) is 11.8. The van der Waals surface area contributed by atoms with Crippen molar-refractivity contribution in [3.8, 4) is 45.3 Å². The zero-order valence-electron chi connectivity index (χ0n) is 28.5. The maximum atomic E-state index is 6.42. The molecule has 11 rings (SSSR count). The van der Waals surface area contributed by atoms with Crippen LogP contribution >= 0.6 is 0 Å². The third-order valence-electron chi connectivity index (χ3n) is 10.5. The Balaban J connectivity index is 1.06. The van der Waals surface area contributed by atoms with Gasteiger partial charge in [-0.2, -0.15) is 0 Å². The summed E-state index contributed by atoms with van der Waals surface area (Å²) in [7, 11) is 0. The van der Waals surface area contributed by atoms with Crippen LogP contribution in [0, 0.1) is 0 Å². The molecule has 0 atom stereocenters. The zero-order valence-corrected chi connectivity index (χ0v) is 28.5. The summed E-state index contributed by atoms with van der Waals surface area (Å²) in [5.74, 6) is 1.83. The molecule has 0 aliphatic heterocycles. The number of furan rings is 1. The second-order valence-corrected chi connectivity index (χ2v) is 13.6. The van der Waals surface area contributed by atoms with E-state index in [0.717, 1.165) is 44.2 Å². The van der Waals surface area contributed by atoms with Gasteiger partial charge in [0.15, 0.2) is 17.5 Å². The number of nitrogens with zero attached hydrogens (tertiary/aromatic N) is 3. The molecule has 2 heterocycles. The molecule has 0 radical (unpaired) electrons. The smallest absolute Gasteiger partial charge is 0.164 e. The van der Waals surface area contributed by atoms with Crippen LogP contribution in [0.4, 0.5) is 0 Å². The van der Waals surface area contributed by atoms with Crippen molar-refractivity contribution < 1.29 is 4.42 Å². The van der Waals surface area contributed by atoms with E-state index in [-0.39, 0.29) is 0 Å². The SMILES string of the molecule is c1ccc(-c2nc(-c3ccc(-c4c5ccccc5cc5c4ccc4ccccc45)cc3)nc(-c3ccc4c(c3)oc3ccc5ccccc5c34)n2)cc1. The number of fused-ring (bicyclic) bond motifs is 9. The Morgan fingerprint density at radius 1 is 0.302 bits per heavy atom. The Labute approximate surface area is 304 Å². The molecule has 0 bridgehead atoms. The van der Waals surface area contributed by atoms with E-state index in [9.17, 15) is 0 Å². The van der Waals surface area contributed by atoms with Crippen molar-refractivity contribution in [3.63, 3.8) is 0 Å². The lowest BCUT2D eigenvalue weighted by Gasteiger charge is -2.14. The first kappa shape index (κ1) is 29.5. The molecule has 0 spiro atoms. The van der Waals surface area contributed by atoms with Gasteiger partial charge in [0.05, 0.1) is 0 Å². The van der Waals surface area contributed by atoms with E-state index >= 15 is 0 Å². The van der Waals surface area contributed by atoms with E-state index < -0.39 is 0 Å². The van der Waals surface area contributed by atoms with E-state index in [1.165, 1.54) is 48.7 Å². The second kappa shape index (κ2) is 11.7. The summed E-state index contributed by atoms with van der Waals surface area (Å²) in [6, 6.07) is 61.7. The van der Waals surface area contributed by atoms with E-state index in [2.05, 4.69) is 146 Å². The molecule has 0 fully saturated rings. The Hall–Kier alpha value is -7.17. The third kappa shape index (κ3) is 4.80. The zero-order chi connectivity index (χ0) is 34.9. The molecular formula is C49H29N3O. The maximum Gasteiger partial charge on any atom is 0.164 e.